The molecule has 1 amide bonds. The molecule has 30 heavy (non-hydrogen) atoms. The molecule has 0 aliphatic rings. The first-order chi connectivity index (χ1) is 14.1. The van der Waals surface area contributed by atoms with E-state index in [2.05, 4.69) is 10.3 Å². The molecule has 0 spiro atoms. The minimum atomic E-state index is -4.44. The van der Waals surface area contributed by atoms with Crippen LogP contribution in [0.5, 0.6) is 0 Å². The van der Waals surface area contributed by atoms with Gasteiger partial charge in [0.1, 0.15) is 0 Å². The first kappa shape index (κ1) is 21.9. The van der Waals surface area contributed by atoms with Crippen LogP contribution in [0.15, 0.2) is 58.5 Å². The lowest BCUT2D eigenvalue weighted by Crippen LogP contribution is -2.28. The van der Waals surface area contributed by atoms with Gasteiger partial charge in [0.15, 0.2) is 5.16 Å². The minimum absolute atomic E-state index is 0.165. The van der Waals surface area contributed by atoms with Crippen molar-refractivity contribution in [1.29, 1.82) is 0 Å². The van der Waals surface area contributed by atoms with Crippen molar-refractivity contribution in [1.82, 2.24) is 9.55 Å². The van der Waals surface area contributed by atoms with Gasteiger partial charge in [-0.1, -0.05) is 23.9 Å². The summed E-state index contributed by atoms with van der Waals surface area (Å²) in [6.07, 6.45) is -4.44. The summed E-state index contributed by atoms with van der Waals surface area (Å²) < 4.78 is 39.6. The molecule has 9 heteroatoms. The van der Waals surface area contributed by atoms with Gasteiger partial charge in [-0.15, -0.1) is 0 Å². The molecule has 3 rings (SSSR count). The molecule has 1 N–H and O–H groups in total. The van der Waals surface area contributed by atoms with Crippen molar-refractivity contribution in [3.05, 3.63) is 64.4 Å². The molecule has 5 nitrogen and oxygen atoms in total. The van der Waals surface area contributed by atoms with Crippen LogP contribution in [0.1, 0.15) is 32.4 Å². The number of anilines is 1. The number of thioether (sulfide) groups is 1. The molecule has 0 aliphatic heterocycles. The topological polar surface area (TPSA) is 64.0 Å². The molecule has 1 atom stereocenters. The molecule has 0 aliphatic carbocycles. The zero-order chi connectivity index (χ0) is 22.1. The number of rotatable bonds is 5. The summed E-state index contributed by atoms with van der Waals surface area (Å²) in [4.78, 5) is 30.0. The molecule has 0 fully saturated rings. The number of benzene rings is 2. The number of carbonyl (C=O) groups excluding carboxylic acids is 1. The quantitative estimate of drug-likeness (QED) is 0.447. The maximum atomic E-state index is 12.9. The Morgan fingerprint density at radius 2 is 1.70 bits per heavy atom. The van der Waals surface area contributed by atoms with Crippen LogP contribution < -0.4 is 10.9 Å². The van der Waals surface area contributed by atoms with Gasteiger partial charge in [0.25, 0.3) is 5.56 Å². The summed E-state index contributed by atoms with van der Waals surface area (Å²) in [5.41, 5.74) is -0.178. The Balaban J connectivity index is 1.82. The number of carbonyl (C=O) groups is 1. The normalized spacial score (nSPS) is 12.9. The van der Waals surface area contributed by atoms with Gasteiger partial charge in [0.2, 0.25) is 5.91 Å². The Hall–Kier alpha value is -2.81. The van der Waals surface area contributed by atoms with Gasteiger partial charge in [-0.05, 0) is 57.2 Å². The van der Waals surface area contributed by atoms with Gasteiger partial charge in [0, 0.05) is 11.7 Å². The van der Waals surface area contributed by atoms with Crippen molar-refractivity contribution in [3.63, 3.8) is 0 Å². The number of alkyl halides is 3. The smallest absolute Gasteiger partial charge is 0.325 e. The molecule has 1 unspecified atom stereocenters. The van der Waals surface area contributed by atoms with E-state index in [-0.39, 0.29) is 17.3 Å². The molecular formula is C21H20F3N3O2S. The lowest BCUT2D eigenvalue weighted by atomic mass is 10.2. The number of amides is 1. The molecule has 0 bridgehead atoms. The number of para-hydroxylation sites is 1. The second-order valence-corrected chi connectivity index (χ2v) is 8.31. The number of hydrogen-bond acceptors (Lipinski definition) is 4. The van der Waals surface area contributed by atoms with E-state index in [4.69, 9.17) is 0 Å². The highest BCUT2D eigenvalue weighted by molar-refractivity contribution is 8.00. The van der Waals surface area contributed by atoms with Crippen molar-refractivity contribution in [2.45, 2.75) is 43.4 Å². The molecule has 0 saturated heterocycles. The fraction of sp³-hybridized carbons (Fsp3) is 0.286. The van der Waals surface area contributed by atoms with Gasteiger partial charge < -0.3 is 5.32 Å². The molecule has 3 aromatic rings. The zero-order valence-corrected chi connectivity index (χ0v) is 17.3. The minimum Gasteiger partial charge on any atom is -0.325 e. The molecule has 0 radical (unpaired) electrons. The number of nitrogens with one attached hydrogen (secondary N) is 1. The van der Waals surface area contributed by atoms with Crippen LogP contribution in [-0.4, -0.2) is 20.7 Å². The van der Waals surface area contributed by atoms with Crippen LogP contribution in [0.3, 0.4) is 0 Å². The fourth-order valence-corrected chi connectivity index (χ4v) is 3.90. The molecule has 1 aromatic heterocycles. The summed E-state index contributed by atoms with van der Waals surface area (Å²) in [6.45, 7) is 5.36. The zero-order valence-electron chi connectivity index (χ0n) is 16.5. The van der Waals surface area contributed by atoms with Gasteiger partial charge in [0.05, 0.1) is 21.7 Å². The van der Waals surface area contributed by atoms with E-state index in [9.17, 15) is 22.8 Å². The Morgan fingerprint density at radius 1 is 1.07 bits per heavy atom. The predicted octanol–water partition coefficient (Wildman–Crippen LogP) is 5.12. The SMILES string of the molecule is CC(Sc1nc2ccccc2c(=O)n1C(C)C)C(=O)Nc1ccc(C(F)(F)F)cc1. The Kier molecular flexibility index (Phi) is 6.21. The summed E-state index contributed by atoms with van der Waals surface area (Å²) >= 11 is 1.12. The number of halogens is 3. The van der Waals surface area contributed by atoms with E-state index in [1.807, 2.05) is 13.8 Å². The molecule has 158 valence electrons. The van der Waals surface area contributed by atoms with E-state index < -0.39 is 22.9 Å². The second kappa shape index (κ2) is 8.51. The molecule has 2 aromatic carbocycles. The Labute approximate surface area is 175 Å². The van der Waals surface area contributed by atoms with Crippen molar-refractivity contribution in [2.75, 3.05) is 5.32 Å². The Bertz CT molecular complexity index is 1130. The van der Waals surface area contributed by atoms with Gasteiger partial charge >= 0.3 is 6.18 Å². The third-order valence-corrected chi connectivity index (χ3v) is 5.49. The highest BCUT2D eigenvalue weighted by Gasteiger charge is 2.30. The molecular weight excluding hydrogens is 415 g/mol. The maximum Gasteiger partial charge on any atom is 0.416 e. The second-order valence-electron chi connectivity index (χ2n) is 7.00. The van der Waals surface area contributed by atoms with Crippen LogP contribution in [0.4, 0.5) is 18.9 Å². The van der Waals surface area contributed by atoms with Crippen molar-refractivity contribution >= 4 is 34.3 Å². The Morgan fingerprint density at radius 3 is 2.30 bits per heavy atom. The van der Waals surface area contributed by atoms with Crippen molar-refractivity contribution in [3.8, 4) is 0 Å². The highest BCUT2D eigenvalue weighted by atomic mass is 32.2. The number of aromatic nitrogens is 2. The summed E-state index contributed by atoms with van der Waals surface area (Å²) in [5.74, 6) is -0.405. The van der Waals surface area contributed by atoms with Crippen LogP contribution in [0.2, 0.25) is 0 Å². The number of fused-ring (bicyclic) bond motifs is 1. The van der Waals surface area contributed by atoms with E-state index >= 15 is 0 Å². The van der Waals surface area contributed by atoms with Crippen molar-refractivity contribution < 1.29 is 18.0 Å². The standard InChI is InChI=1S/C21H20F3N3O2S/c1-12(2)27-19(29)16-6-4-5-7-17(16)26-20(27)30-13(3)18(28)25-15-10-8-14(9-11-15)21(22,23)24/h4-13H,1-3H3,(H,25,28). The van der Waals surface area contributed by atoms with Crippen LogP contribution in [-0.2, 0) is 11.0 Å². The average molecular weight is 435 g/mol. The third-order valence-electron chi connectivity index (χ3n) is 4.42. The lowest BCUT2D eigenvalue weighted by molar-refractivity contribution is -0.137. The number of nitrogens with zero attached hydrogens (tertiary/aromatic N) is 2. The van der Waals surface area contributed by atoms with Crippen LogP contribution >= 0.6 is 11.8 Å². The molecule has 0 saturated carbocycles. The summed E-state index contributed by atoms with van der Waals surface area (Å²) in [5, 5.41) is 2.87. The summed E-state index contributed by atoms with van der Waals surface area (Å²) in [6, 6.07) is 11.1. The monoisotopic (exact) mass is 435 g/mol. The summed E-state index contributed by atoms with van der Waals surface area (Å²) in [7, 11) is 0. The van der Waals surface area contributed by atoms with E-state index in [1.54, 1.807) is 31.2 Å². The van der Waals surface area contributed by atoms with E-state index in [0.717, 1.165) is 23.9 Å². The number of hydrogen-bond donors (Lipinski definition) is 1. The van der Waals surface area contributed by atoms with Gasteiger partial charge in [-0.25, -0.2) is 4.98 Å². The first-order valence-corrected chi connectivity index (χ1v) is 10.1. The van der Waals surface area contributed by atoms with Crippen LogP contribution in [0, 0.1) is 0 Å². The average Bonchev–Trinajstić information content (AvgIpc) is 2.67. The maximum absolute atomic E-state index is 12.9. The first-order valence-electron chi connectivity index (χ1n) is 9.24. The fourth-order valence-electron chi connectivity index (χ4n) is 2.86. The molecule has 1 heterocycles. The third kappa shape index (κ3) is 4.67. The van der Waals surface area contributed by atoms with Gasteiger partial charge in [-0.2, -0.15) is 13.2 Å². The lowest BCUT2D eigenvalue weighted by Gasteiger charge is -2.18. The largest absolute Gasteiger partial charge is 0.416 e. The van der Waals surface area contributed by atoms with E-state index in [0.29, 0.717) is 16.1 Å². The predicted molar refractivity (Wildman–Crippen MR) is 112 cm³/mol. The van der Waals surface area contributed by atoms with Crippen LogP contribution in [0.25, 0.3) is 10.9 Å². The highest BCUT2D eigenvalue weighted by Crippen LogP contribution is 2.30. The van der Waals surface area contributed by atoms with E-state index in [1.165, 1.54) is 16.7 Å². The van der Waals surface area contributed by atoms with Crippen molar-refractivity contribution in [2.24, 2.45) is 0 Å². The van der Waals surface area contributed by atoms with Gasteiger partial charge in [-0.3, -0.25) is 14.2 Å².